The van der Waals surface area contributed by atoms with Crippen molar-refractivity contribution in [2.45, 2.75) is 32.5 Å². The quantitative estimate of drug-likeness (QED) is 0.231. The smallest absolute Gasteiger partial charge is 0.174 e. The average molecular weight is 521 g/mol. The second-order valence-corrected chi connectivity index (χ2v) is 9.78. The summed E-state index contributed by atoms with van der Waals surface area (Å²) in [7, 11) is 0. The highest BCUT2D eigenvalue weighted by Gasteiger charge is 2.42. The van der Waals surface area contributed by atoms with Crippen LogP contribution in [-0.4, -0.2) is 14.7 Å². The maximum atomic E-state index is 6.02. The number of nitrogens with zero attached hydrogens (tertiary/aromatic N) is 3. The topological polar surface area (TPSA) is 55.5 Å². The molecule has 7 heteroatoms. The molecule has 0 unspecified atom stereocenters. The Morgan fingerprint density at radius 1 is 0.921 bits per heavy atom. The Balaban J connectivity index is 1.38. The Morgan fingerprint density at radius 2 is 1.68 bits per heavy atom. The van der Waals surface area contributed by atoms with Gasteiger partial charge < -0.3 is 23.9 Å². The van der Waals surface area contributed by atoms with E-state index in [2.05, 4.69) is 57.9 Å². The minimum Gasteiger partial charge on any atom is -0.467 e. The van der Waals surface area contributed by atoms with Gasteiger partial charge in [0.25, 0.3) is 0 Å². The van der Waals surface area contributed by atoms with Gasteiger partial charge in [-0.2, -0.15) is 0 Å². The number of para-hydroxylation sites is 1. The molecule has 1 N–H and O–H groups in total. The SMILES string of the molecule is Cc1cc([C@H]2[C@H](c3ccccn3)NC(=S)N2c2ccc(Oc3ccccc3)cc2)c(C)n1Cc1ccco1. The third-order valence-corrected chi connectivity index (χ3v) is 7.33. The lowest BCUT2D eigenvalue weighted by Crippen LogP contribution is -2.29. The number of pyridine rings is 1. The molecular weight excluding hydrogens is 492 g/mol. The molecule has 0 saturated carbocycles. The lowest BCUT2D eigenvalue weighted by atomic mass is 9.96. The fraction of sp³-hybridized carbons (Fsp3) is 0.161. The van der Waals surface area contributed by atoms with Crippen molar-refractivity contribution >= 4 is 23.0 Å². The first-order valence-electron chi connectivity index (χ1n) is 12.6. The lowest BCUT2D eigenvalue weighted by molar-refractivity contribution is 0.482. The first-order valence-corrected chi connectivity index (χ1v) is 13.0. The van der Waals surface area contributed by atoms with Gasteiger partial charge in [-0.1, -0.05) is 24.3 Å². The molecule has 1 aliphatic rings. The van der Waals surface area contributed by atoms with E-state index in [-0.39, 0.29) is 12.1 Å². The molecule has 2 atom stereocenters. The number of rotatable bonds is 7. The zero-order valence-corrected chi connectivity index (χ0v) is 22.1. The van der Waals surface area contributed by atoms with Crippen LogP contribution in [-0.2, 0) is 6.54 Å². The van der Waals surface area contributed by atoms with E-state index in [1.807, 2.05) is 72.9 Å². The molecule has 6 rings (SSSR count). The highest BCUT2D eigenvalue weighted by molar-refractivity contribution is 7.80. The second kappa shape index (κ2) is 10.2. The minimum absolute atomic E-state index is 0.0881. The van der Waals surface area contributed by atoms with Gasteiger partial charge in [0.1, 0.15) is 17.3 Å². The summed E-state index contributed by atoms with van der Waals surface area (Å²) >= 11 is 5.92. The molecule has 6 nitrogen and oxygen atoms in total. The lowest BCUT2D eigenvalue weighted by Gasteiger charge is -2.28. The van der Waals surface area contributed by atoms with Crippen LogP contribution in [0.2, 0.25) is 0 Å². The highest BCUT2D eigenvalue weighted by Crippen LogP contribution is 2.43. The van der Waals surface area contributed by atoms with Gasteiger partial charge in [-0.3, -0.25) is 4.98 Å². The summed E-state index contributed by atoms with van der Waals surface area (Å²) in [6.45, 7) is 4.97. The first kappa shape index (κ1) is 24.0. The highest BCUT2D eigenvalue weighted by atomic mass is 32.1. The zero-order valence-electron chi connectivity index (χ0n) is 21.2. The van der Waals surface area contributed by atoms with Gasteiger partial charge in [-0.05, 0) is 98.4 Å². The van der Waals surface area contributed by atoms with Gasteiger partial charge in [-0.25, -0.2) is 0 Å². The van der Waals surface area contributed by atoms with Crippen LogP contribution in [0.25, 0.3) is 0 Å². The number of benzene rings is 2. The maximum Gasteiger partial charge on any atom is 0.174 e. The number of aryl methyl sites for hydroxylation is 1. The molecule has 1 saturated heterocycles. The van der Waals surface area contributed by atoms with E-state index < -0.39 is 0 Å². The van der Waals surface area contributed by atoms with Crippen LogP contribution in [0.15, 0.2) is 108 Å². The third kappa shape index (κ3) is 4.57. The molecule has 0 bridgehead atoms. The summed E-state index contributed by atoms with van der Waals surface area (Å²) in [5.74, 6) is 2.49. The summed E-state index contributed by atoms with van der Waals surface area (Å²) in [6.07, 6.45) is 3.55. The van der Waals surface area contributed by atoms with E-state index in [1.54, 1.807) is 6.26 Å². The minimum atomic E-state index is -0.110. The fourth-order valence-corrected chi connectivity index (χ4v) is 5.52. The largest absolute Gasteiger partial charge is 0.467 e. The summed E-state index contributed by atoms with van der Waals surface area (Å²) in [6, 6.07) is 29.9. The van der Waals surface area contributed by atoms with Gasteiger partial charge in [-0.15, -0.1) is 0 Å². The van der Waals surface area contributed by atoms with Gasteiger partial charge in [0.15, 0.2) is 5.11 Å². The third-order valence-electron chi connectivity index (χ3n) is 7.02. The number of thiocarbonyl (C=S) groups is 1. The Morgan fingerprint density at radius 3 is 2.39 bits per heavy atom. The second-order valence-electron chi connectivity index (χ2n) is 9.40. The molecule has 3 aromatic heterocycles. The molecule has 0 spiro atoms. The number of anilines is 1. The summed E-state index contributed by atoms with van der Waals surface area (Å²) in [4.78, 5) is 6.88. The predicted octanol–water partition coefficient (Wildman–Crippen LogP) is 7.11. The Bertz CT molecular complexity index is 1530. The van der Waals surface area contributed by atoms with Crippen LogP contribution in [0.5, 0.6) is 11.5 Å². The molecule has 2 aromatic carbocycles. The standard InChI is InChI=1S/C31H28N4O2S/c1-21-19-27(22(2)34(21)20-26-11-8-18-36-26)30-29(28-12-6-7-17-32-28)33-31(38)35(30)23-13-15-25(16-14-23)37-24-9-4-3-5-10-24/h3-19,29-30H,20H2,1-2H3,(H,33,38)/t29-,30-/m0/s1. The van der Waals surface area contributed by atoms with Gasteiger partial charge in [0, 0.05) is 23.3 Å². The van der Waals surface area contributed by atoms with Gasteiger partial charge in [0.05, 0.1) is 30.6 Å². The van der Waals surface area contributed by atoms with E-state index in [0.29, 0.717) is 11.7 Å². The molecule has 5 aromatic rings. The van der Waals surface area contributed by atoms with Crippen molar-refractivity contribution in [3.8, 4) is 11.5 Å². The summed E-state index contributed by atoms with van der Waals surface area (Å²) < 4.78 is 14.0. The molecule has 1 fully saturated rings. The first-order chi connectivity index (χ1) is 18.6. The summed E-state index contributed by atoms with van der Waals surface area (Å²) in [5.41, 5.74) is 5.47. The Hall–Kier alpha value is -4.36. The average Bonchev–Trinajstić information content (AvgIpc) is 3.65. The van der Waals surface area contributed by atoms with Gasteiger partial charge >= 0.3 is 0 Å². The van der Waals surface area contributed by atoms with Crippen molar-refractivity contribution < 1.29 is 9.15 Å². The molecule has 0 radical (unpaired) electrons. The monoisotopic (exact) mass is 520 g/mol. The Labute approximate surface area is 227 Å². The number of hydrogen-bond donors (Lipinski definition) is 1. The van der Waals surface area contributed by atoms with Crippen molar-refractivity contribution in [3.63, 3.8) is 0 Å². The van der Waals surface area contributed by atoms with E-state index in [9.17, 15) is 0 Å². The van der Waals surface area contributed by atoms with Crippen LogP contribution < -0.4 is 15.0 Å². The van der Waals surface area contributed by atoms with Crippen LogP contribution in [0, 0.1) is 13.8 Å². The molecular formula is C31H28N4O2S. The van der Waals surface area contributed by atoms with E-state index >= 15 is 0 Å². The number of nitrogens with one attached hydrogen (secondary N) is 1. The van der Waals surface area contributed by atoms with Crippen LogP contribution in [0.4, 0.5) is 5.69 Å². The van der Waals surface area contributed by atoms with Crippen molar-refractivity contribution in [1.82, 2.24) is 14.9 Å². The van der Waals surface area contributed by atoms with Crippen molar-refractivity contribution in [1.29, 1.82) is 0 Å². The maximum absolute atomic E-state index is 6.02. The number of ether oxygens (including phenoxy) is 1. The van der Waals surface area contributed by atoms with E-state index in [4.69, 9.17) is 21.4 Å². The number of aromatic nitrogens is 2. The molecule has 4 heterocycles. The molecule has 190 valence electrons. The predicted molar refractivity (Wildman–Crippen MR) is 153 cm³/mol. The van der Waals surface area contributed by atoms with E-state index in [0.717, 1.165) is 34.3 Å². The number of furan rings is 1. The molecule has 0 amide bonds. The normalized spacial score (nSPS) is 17.0. The van der Waals surface area contributed by atoms with Gasteiger partial charge in [0.2, 0.25) is 0 Å². The Kier molecular flexibility index (Phi) is 6.43. The molecule has 1 aliphatic heterocycles. The number of hydrogen-bond acceptors (Lipinski definition) is 4. The van der Waals surface area contributed by atoms with Crippen LogP contribution >= 0.6 is 12.2 Å². The van der Waals surface area contributed by atoms with Crippen LogP contribution in [0.3, 0.4) is 0 Å². The molecule has 38 heavy (non-hydrogen) atoms. The van der Waals surface area contributed by atoms with Crippen LogP contribution in [0.1, 0.15) is 40.5 Å². The summed E-state index contributed by atoms with van der Waals surface area (Å²) in [5, 5.41) is 4.22. The van der Waals surface area contributed by atoms with Crippen molar-refractivity contribution in [3.05, 3.63) is 132 Å². The van der Waals surface area contributed by atoms with Crippen molar-refractivity contribution in [2.75, 3.05) is 4.90 Å². The molecule has 0 aliphatic carbocycles. The fourth-order valence-electron chi connectivity index (χ4n) is 5.18. The van der Waals surface area contributed by atoms with E-state index in [1.165, 1.54) is 11.3 Å². The zero-order chi connectivity index (χ0) is 26.1. The van der Waals surface area contributed by atoms with Crippen molar-refractivity contribution in [2.24, 2.45) is 0 Å².